The number of pyridine rings is 4. The number of hydrogen-bond donors (Lipinski definition) is 3. The van der Waals surface area contributed by atoms with E-state index in [1.54, 1.807) is 49.3 Å². The van der Waals surface area contributed by atoms with Gasteiger partial charge < -0.3 is 29.9 Å². The molecule has 0 atom stereocenters. The predicted molar refractivity (Wildman–Crippen MR) is 286 cm³/mol. The van der Waals surface area contributed by atoms with Gasteiger partial charge in [0.1, 0.15) is 11.6 Å². The van der Waals surface area contributed by atoms with Crippen molar-refractivity contribution in [3.05, 3.63) is 206 Å². The number of esters is 1. The maximum Gasteiger partial charge on any atom is 0.396 e. The summed E-state index contributed by atoms with van der Waals surface area (Å²) >= 11 is 0. The number of ether oxygens (including phenoxy) is 1. The van der Waals surface area contributed by atoms with E-state index in [-0.39, 0.29) is 23.6 Å². The lowest BCUT2D eigenvalue weighted by Crippen LogP contribution is -2.10. The summed E-state index contributed by atoms with van der Waals surface area (Å²) in [5.41, 5.74) is 14.9. The van der Waals surface area contributed by atoms with E-state index in [4.69, 9.17) is 34.5 Å². The van der Waals surface area contributed by atoms with Crippen LogP contribution in [0.25, 0.3) is 89.7 Å². The van der Waals surface area contributed by atoms with Gasteiger partial charge in [0.2, 0.25) is 11.8 Å². The van der Waals surface area contributed by atoms with E-state index in [9.17, 15) is 9.59 Å². The molecule has 0 aliphatic heterocycles. The molecule has 0 saturated heterocycles. The van der Waals surface area contributed by atoms with Crippen LogP contribution in [0.2, 0.25) is 0 Å². The summed E-state index contributed by atoms with van der Waals surface area (Å²) in [4.78, 5) is 60.2. The average molecular weight is 1020 g/mol. The molecule has 374 valence electrons. The Balaban J connectivity index is 0.000000164. The fraction of sp³-hybridized carbons (Fsp3) is 0.0526. The molecule has 20 heteroatoms. The third kappa shape index (κ3) is 10.7. The lowest BCUT2D eigenvalue weighted by atomic mass is 10.0. The van der Waals surface area contributed by atoms with Gasteiger partial charge in [-0.2, -0.15) is 0 Å². The second kappa shape index (κ2) is 22.0. The summed E-state index contributed by atoms with van der Waals surface area (Å²) in [5, 5.41) is 24.0. The molecule has 0 spiro atoms. The highest BCUT2D eigenvalue weighted by Gasteiger charge is 2.21. The molecule has 0 aliphatic rings. The van der Waals surface area contributed by atoms with Crippen molar-refractivity contribution in [1.29, 1.82) is 0 Å². The Labute approximate surface area is 437 Å². The highest BCUT2D eigenvalue weighted by atomic mass is 16.5. The zero-order valence-corrected chi connectivity index (χ0v) is 40.7. The molecule has 4 N–H and O–H groups in total. The van der Waals surface area contributed by atoms with Crippen molar-refractivity contribution < 1.29 is 23.2 Å². The normalized spacial score (nSPS) is 10.9. The van der Waals surface area contributed by atoms with Crippen LogP contribution in [0.5, 0.6) is 0 Å². The molecule has 12 rings (SSSR count). The van der Waals surface area contributed by atoms with Gasteiger partial charge in [-0.1, -0.05) is 97.1 Å². The molecule has 0 radical (unpaired) electrons. The lowest BCUT2D eigenvalue weighted by Gasteiger charge is -2.14. The highest BCUT2D eigenvalue weighted by Crippen LogP contribution is 2.37. The van der Waals surface area contributed by atoms with Crippen LogP contribution in [0.15, 0.2) is 192 Å². The molecule has 77 heavy (non-hydrogen) atoms. The second-order valence-corrected chi connectivity index (χ2v) is 16.9. The Bertz CT molecular complexity index is 4050. The van der Waals surface area contributed by atoms with E-state index in [1.807, 2.05) is 97.1 Å². The molecule has 4 aromatic carbocycles. The van der Waals surface area contributed by atoms with Crippen molar-refractivity contribution in [2.45, 2.75) is 13.1 Å². The number of nitrogens with one attached hydrogen (secondary N) is 2. The minimum absolute atomic E-state index is 0.119. The van der Waals surface area contributed by atoms with Crippen molar-refractivity contribution in [1.82, 2.24) is 60.3 Å². The first-order valence-electron chi connectivity index (χ1n) is 23.8. The quantitative estimate of drug-likeness (QED) is 0.0855. The number of carbonyl (C=O) groups is 2. The van der Waals surface area contributed by atoms with Gasteiger partial charge in [0.05, 0.1) is 64.5 Å². The average Bonchev–Trinajstić information content (AvgIpc) is 4.25. The number of benzene rings is 4. The van der Waals surface area contributed by atoms with Gasteiger partial charge in [-0.05, 0) is 70.8 Å². The SMILES string of the molecule is COC(=O)c1nnc(-c2cncc(-c3nc(NCc4ccccn4)c4c(-c5ccccc5)cccc4n3)c2)o1.NC(=O)c1nnc(-c2cncc(-c3nc(NCc4ccccn4)c4c(-c5ccccc5)cccc4n3)c2)o1. The fourth-order valence-electron chi connectivity index (χ4n) is 8.26. The van der Waals surface area contributed by atoms with Gasteiger partial charge in [-0.3, -0.25) is 24.7 Å². The van der Waals surface area contributed by atoms with Gasteiger partial charge in [-0.25, -0.2) is 24.7 Å². The van der Waals surface area contributed by atoms with Crippen molar-refractivity contribution in [3.8, 4) is 67.9 Å². The molecule has 0 saturated carbocycles. The fourth-order valence-corrected chi connectivity index (χ4v) is 8.26. The summed E-state index contributed by atoms with van der Waals surface area (Å²) < 4.78 is 15.5. The number of nitrogens with two attached hydrogens (primary N) is 1. The summed E-state index contributed by atoms with van der Waals surface area (Å²) in [6.45, 7) is 0.956. The van der Waals surface area contributed by atoms with Gasteiger partial charge in [-0.15, -0.1) is 20.4 Å². The lowest BCUT2D eigenvalue weighted by molar-refractivity contribution is 0.0556. The maximum atomic E-state index is 11.7. The van der Waals surface area contributed by atoms with Crippen LogP contribution in [-0.4, -0.2) is 79.3 Å². The highest BCUT2D eigenvalue weighted by molar-refractivity contribution is 6.04. The van der Waals surface area contributed by atoms with Crippen LogP contribution in [0.1, 0.15) is 32.8 Å². The Morgan fingerprint density at radius 2 is 0.948 bits per heavy atom. The molecule has 0 fully saturated rings. The van der Waals surface area contributed by atoms with Gasteiger partial charge in [0.25, 0.3) is 0 Å². The number of rotatable bonds is 14. The summed E-state index contributed by atoms with van der Waals surface area (Å²) in [6, 6.07) is 47.3. The van der Waals surface area contributed by atoms with Crippen LogP contribution < -0.4 is 16.4 Å². The molecule has 1 amide bonds. The number of anilines is 2. The van der Waals surface area contributed by atoms with E-state index in [1.165, 1.54) is 7.11 Å². The van der Waals surface area contributed by atoms with E-state index >= 15 is 0 Å². The van der Waals surface area contributed by atoms with Crippen molar-refractivity contribution in [2.24, 2.45) is 5.73 Å². The third-order valence-corrected chi connectivity index (χ3v) is 11.9. The Hall–Kier alpha value is -11.0. The monoisotopic (exact) mass is 1020 g/mol. The number of carbonyl (C=O) groups excluding carboxylic acids is 2. The molecule has 0 aliphatic carbocycles. The molecule has 0 bridgehead atoms. The number of methoxy groups -OCH3 is 1. The molecule has 8 aromatic heterocycles. The number of aromatic nitrogens is 12. The smallest absolute Gasteiger partial charge is 0.396 e. The molecular formula is C57H41N15O5. The minimum Gasteiger partial charge on any atom is -0.462 e. The second-order valence-electron chi connectivity index (χ2n) is 16.9. The third-order valence-electron chi connectivity index (χ3n) is 11.9. The van der Waals surface area contributed by atoms with Crippen LogP contribution >= 0.6 is 0 Å². The Kier molecular flexibility index (Phi) is 13.8. The van der Waals surface area contributed by atoms with Gasteiger partial charge >= 0.3 is 23.7 Å². The van der Waals surface area contributed by atoms with Gasteiger partial charge in [0, 0.05) is 48.3 Å². The largest absolute Gasteiger partial charge is 0.462 e. The number of primary amides is 1. The van der Waals surface area contributed by atoms with Crippen molar-refractivity contribution >= 4 is 45.3 Å². The molecule has 8 heterocycles. The standard InChI is InChI=1S/C29H21N7O3.C28H20N8O2/c1-38-29(37)28-36-35-27(39-28)20-14-19(15-30-16-20)25-33-23-12-7-11-22(18-8-3-2-4-9-18)24(23)26(34-25)32-17-21-10-5-6-13-31-21;29-24(37)28-36-35-27(38-28)19-13-18(14-30-15-19)25-33-22-11-6-10-21(17-7-2-1-3-8-17)23(22)26(34-25)32-16-20-9-4-5-12-31-20/h2-16H,17H2,1H3,(H,32,33,34);1-15H,16H2,(H2,29,37)(H,32,33,34). The van der Waals surface area contributed by atoms with Crippen LogP contribution in [-0.2, 0) is 17.8 Å². The number of hydrogen-bond acceptors (Lipinski definition) is 19. The first kappa shape index (κ1) is 48.3. The van der Waals surface area contributed by atoms with Gasteiger partial charge in [0.15, 0.2) is 11.6 Å². The summed E-state index contributed by atoms with van der Waals surface area (Å²) in [5.74, 6) is 0.451. The van der Waals surface area contributed by atoms with E-state index in [2.05, 4.69) is 92.1 Å². The molecule has 0 unspecified atom stereocenters. The first-order valence-corrected chi connectivity index (χ1v) is 23.8. The van der Waals surface area contributed by atoms with Crippen LogP contribution in [0.4, 0.5) is 11.6 Å². The van der Waals surface area contributed by atoms with Crippen LogP contribution in [0.3, 0.4) is 0 Å². The van der Waals surface area contributed by atoms with Crippen LogP contribution in [0, 0.1) is 0 Å². The number of nitrogens with zero attached hydrogens (tertiary/aromatic N) is 12. The maximum absolute atomic E-state index is 11.7. The van der Waals surface area contributed by atoms with E-state index < -0.39 is 11.9 Å². The molecule has 20 nitrogen and oxygen atoms in total. The zero-order valence-electron chi connectivity index (χ0n) is 40.7. The Morgan fingerprint density at radius 3 is 1.39 bits per heavy atom. The summed E-state index contributed by atoms with van der Waals surface area (Å²) in [6.07, 6.45) is 9.94. The van der Waals surface area contributed by atoms with Crippen molar-refractivity contribution in [3.63, 3.8) is 0 Å². The predicted octanol–water partition coefficient (Wildman–Crippen LogP) is 9.72. The zero-order chi connectivity index (χ0) is 52.5. The molecule has 12 aromatic rings. The van der Waals surface area contributed by atoms with E-state index in [0.29, 0.717) is 58.6 Å². The number of amides is 1. The Morgan fingerprint density at radius 1 is 0.494 bits per heavy atom. The van der Waals surface area contributed by atoms with E-state index in [0.717, 1.165) is 55.4 Å². The molecular weight excluding hydrogens is 975 g/mol. The first-order chi connectivity index (χ1) is 37.8. The number of fused-ring (bicyclic) bond motifs is 2. The van der Waals surface area contributed by atoms with Crippen molar-refractivity contribution in [2.75, 3.05) is 17.7 Å². The summed E-state index contributed by atoms with van der Waals surface area (Å²) in [7, 11) is 1.24. The topological polar surface area (TPSA) is 274 Å². The minimum atomic E-state index is -0.802.